The van der Waals surface area contributed by atoms with Gasteiger partial charge in [-0.2, -0.15) is 0 Å². The summed E-state index contributed by atoms with van der Waals surface area (Å²) in [5, 5.41) is 0. The number of esters is 2. The topological polar surface area (TPSA) is 65.0 Å². The van der Waals surface area contributed by atoms with E-state index < -0.39 is 11.9 Å². The predicted octanol–water partition coefficient (Wildman–Crippen LogP) is 2.07. The fourth-order valence-corrected chi connectivity index (χ4v) is 1.63. The van der Waals surface area contributed by atoms with Gasteiger partial charge in [-0.15, -0.1) is 0 Å². The Morgan fingerprint density at radius 2 is 2.05 bits per heavy atom. The first-order valence-electron chi connectivity index (χ1n) is 5.85. The van der Waals surface area contributed by atoms with Crippen LogP contribution in [0.15, 0.2) is 41.0 Å². The van der Waals surface area contributed by atoms with Crippen LogP contribution in [-0.2, 0) is 14.3 Å². The van der Waals surface area contributed by atoms with Gasteiger partial charge >= 0.3 is 11.9 Å². The quantitative estimate of drug-likeness (QED) is 0.615. The molecular weight excluding hydrogens is 246 g/mol. The third kappa shape index (κ3) is 2.70. The van der Waals surface area contributed by atoms with Gasteiger partial charge in [-0.1, -0.05) is 13.0 Å². The monoisotopic (exact) mass is 259 g/mol. The number of ether oxygens (including phenoxy) is 2. The van der Waals surface area contributed by atoms with Crippen molar-refractivity contribution in [3.8, 4) is 0 Å². The van der Waals surface area contributed by atoms with Crippen molar-refractivity contribution in [2.75, 3.05) is 7.11 Å². The van der Waals surface area contributed by atoms with E-state index in [0.29, 0.717) is 23.2 Å². The zero-order valence-corrected chi connectivity index (χ0v) is 10.7. The average molecular weight is 259 g/mol. The van der Waals surface area contributed by atoms with Gasteiger partial charge in [0.25, 0.3) is 0 Å². The van der Waals surface area contributed by atoms with Crippen LogP contribution < -0.4 is 0 Å². The van der Waals surface area contributed by atoms with Crippen LogP contribution in [0.1, 0.15) is 29.3 Å². The number of allylic oxidation sites excluding steroid dienone is 1. The largest absolute Gasteiger partial charge is 0.465 e. The molecule has 1 aliphatic heterocycles. The lowest BCUT2D eigenvalue weighted by Gasteiger charge is -2.01. The van der Waals surface area contributed by atoms with E-state index in [0.717, 1.165) is 0 Å². The minimum atomic E-state index is -0.450. The highest BCUT2D eigenvalue weighted by Crippen LogP contribution is 2.17. The molecule has 0 aromatic heterocycles. The number of nitrogens with zero attached hydrogens (tertiary/aromatic N) is 1. The summed E-state index contributed by atoms with van der Waals surface area (Å²) in [5.41, 5.74) is 1.38. The number of rotatable bonds is 3. The minimum absolute atomic E-state index is 0.251. The van der Waals surface area contributed by atoms with Crippen molar-refractivity contribution in [3.05, 3.63) is 47.2 Å². The number of benzene rings is 1. The van der Waals surface area contributed by atoms with Crippen LogP contribution in [0.4, 0.5) is 0 Å². The lowest BCUT2D eigenvalue weighted by molar-refractivity contribution is -0.130. The van der Waals surface area contributed by atoms with Crippen molar-refractivity contribution in [3.63, 3.8) is 0 Å². The predicted molar refractivity (Wildman–Crippen MR) is 68.8 cm³/mol. The highest BCUT2D eigenvalue weighted by molar-refractivity contribution is 6.11. The van der Waals surface area contributed by atoms with Gasteiger partial charge in [-0.25, -0.2) is 14.6 Å². The molecule has 2 rings (SSSR count). The molecule has 0 unspecified atom stereocenters. The summed E-state index contributed by atoms with van der Waals surface area (Å²) >= 11 is 0. The second-order valence-electron chi connectivity index (χ2n) is 3.87. The first-order chi connectivity index (χ1) is 9.15. The highest BCUT2D eigenvalue weighted by Gasteiger charge is 2.23. The van der Waals surface area contributed by atoms with Crippen LogP contribution in [0, 0.1) is 0 Å². The molecule has 1 heterocycles. The number of aliphatic imine (C=N–C) groups is 1. The highest BCUT2D eigenvalue weighted by atomic mass is 16.6. The Balaban J connectivity index is 2.24. The number of hydrogen-bond donors (Lipinski definition) is 0. The Morgan fingerprint density at radius 3 is 2.63 bits per heavy atom. The fourth-order valence-electron chi connectivity index (χ4n) is 1.63. The first kappa shape index (κ1) is 13.0. The van der Waals surface area contributed by atoms with Gasteiger partial charge in [0.2, 0.25) is 5.90 Å². The molecule has 0 aliphatic carbocycles. The maximum absolute atomic E-state index is 11.5. The van der Waals surface area contributed by atoms with E-state index in [1.54, 1.807) is 30.3 Å². The number of carbonyl (C=O) groups excluding carboxylic acids is 2. The maximum Gasteiger partial charge on any atom is 0.363 e. The normalized spacial score (nSPS) is 16.2. The number of cyclic esters (lactones) is 1. The molecule has 0 radical (unpaired) electrons. The van der Waals surface area contributed by atoms with Gasteiger partial charge in [0.05, 0.1) is 12.7 Å². The Morgan fingerprint density at radius 1 is 1.37 bits per heavy atom. The average Bonchev–Trinajstić information content (AvgIpc) is 2.80. The standard InChI is InChI=1S/C14H13NO4/c1-3-4-11-14(17)19-12(15-11)9-5-7-10(8-6-9)13(16)18-2/h4-8H,3H2,1-2H3/b11-4+. The van der Waals surface area contributed by atoms with Gasteiger partial charge in [-0.05, 0) is 30.7 Å². The Labute approximate surface area is 110 Å². The van der Waals surface area contributed by atoms with E-state index in [2.05, 4.69) is 9.73 Å². The lowest BCUT2D eigenvalue weighted by Crippen LogP contribution is -2.06. The zero-order valence-electron chi connectivity index (χ0n) is 10.7. The van der Waals surface area contributed by atoms with Gasteiger partial charge in [-0.3, -0.25) is 0 Å². The van der Waals surface area contributed by atoms with E-state index in [9.17, 15) is 9.59 Å². The summed E-state index contributed by atoms with van der Waals surface area (Å²) in [7, 11) is 1.32. The Kier molecular flexibility index (Phi) is 3.75. The van der Waals surface area contributed by atoms with Crippen LogP contribution in [0.2, 0.25) is 0 Å². The van der Waals surface area contributed by atoms with E-state index >= 15 is 0 Å². The summed E-state index contributed by atoms with van der Waals surface area (Å²) < 4.78 is 9.67. The van der Waals surface area contributed by atoms with Crippen molar-refractivity contribution >= 4 is 17.8 Å². The molecule has 0 fully saturated rings. The van der Waals surface area contributed by atoms with Gasteiger partial charge < -0.3 is 9.47 Å². The molecular formula is C14H13NO4. The molecule has 0 spiro atoms. The molecule has 0 saturated heterocycles. The van der Waals surface area contributed by atoms with Crippen LogP contribution >= 0.6 is 0 Å². The van der Waals surface area contributed by atoms with Crippen molar-refractivity contribution in [2.24, 2.45) is 4.99 Å². The minimum Gasteiger partial charge on any atom is -0.465 e. The summed E-state index contributed by atoms with van der Waals surface area (Å²) in [5.74, 6) is -0.613. The van der Waals surface area contributed by atoms with E-state index in [1.165, 1.54) is 7.11 Å². The van der Waals surface area contributed by atoms with E-state index in [1.807, 2.05) is 6.92 Å². The number of hydrogen-bond acceptors (Lipinski definition) is 5. The Hall–Kier alpha value is -2.43. The van der Waals surface area contributed by atoms with Crippen LogP contribution in [0.3, 0.4) is 0 Å². The third-order valence-corrected chi connectivity index (χ3v) is 2.57. The van der Waals surface area contributed by atoms with Crippen LogP contribution in [0.25, 0.3) is 0 Å². The van der Waals surface area contributed by atoms with Crippen molar-refractivity contribution in [1.29, 1.82) is 0 Å². The zero-order chi connectivity index (χ0) is 13.8. The third-order valence-electron chi connectivity index (χ3n) is 2.57. The second kappa shape index (κ2) is 5.48. The van der Waals surface area contributed by atoms with E-state index in [4.69, 9.17) is 4.74 Å². The molecule has 0 amide bonds. The van der Waals surface area contributed by atoms with E-state index in [-0.39, 0.29) is 5.90 Å². The summed E-state index contributed by atoms with van der Waals surface area (Å²) in [6, 6.07) is 6.51. The molecule has 5 nitrogen and oxygen atoms in total. The summed E-state index contributed by atoms with van der Waals surface area (Å²) in [6.07, 6.45) is 2.42. The fraction of sp³-hybridized carbons (Fsp3) is 0.214. The van der Waals surface area contributed by atoms with Gasteiger partial charge in [0.1, 0.15) is 5.70 Å². The molecule has 1 aromatic rings. The van der Waals surface area contributed by atoms with Crippen molar-refractivity contribution < 1.29 is 19.1 Å². The molecule has 98 valence electrons. The number of carbonyl (C=O) groups is 2. The summed E-state index contributed by atoms with van der Waals surface area (Å²) in [6.45, 7) is 1.92. The maximum atomic E-state index is 11.5. The molecule has 5 heteroatoms. The van der Waals surface area contributed by atoms with Gasteiger partial charge in [0.15, 0.2) is 0 Å². The molecule has 1 aromatic carbocycles. The molecule has 0 bridgehead atoms. The molecule has 1 aliphatic rings. The second-order valence-corrected chi connectivity index (χ2v) is 3.87. The van der Waals surface area contributed by atoms with Crippen LogP contribution in [0.5, 0.6) is 0 Å². The molecule has 0 N–H and O–H groups in total. The molecule has 19 heavy (non-hydrogen) atoms. The SMILES string of the molecule is CC/C=C1/N=C(c2ccc(C(=O)OC)cc2)OC1=O. The van der Waals surface area contributed by atoms with Gasteiger partial charge in [0, 0.05) is 5.56 Å². The molecule has 0 saturated carbocycles. The smallest absolute Gasteiger partial charge is 0.363 e. The molecule has 0 atom stereocenters. The van der Waals surface area contributed by atoms with Crippen molar-refractivity contribution in [2.45, 2.75) is 13.3 Å². The number of methoxy groups -OCH3 is 1. The summed E-state index contributed by atoms with van der Waals surface area (Å²) in [4.78, 5) is 26.9. The lowest BCUT2D eigenvalue weighted by atomic mass is 10.1. The Bertz CT molecular complexity index is 570. The first-order valence-corrected chi connectivity index (χ1v) is 5.85. The van der Waals surface area contributed by atoms with Crippen molar-refractivity contribution in [1.82, 2.24) is 0 Å². The van der Waals surface area contributed by atoms with Crippen LogP contribution in [-0.4, -0.2) is 24.9 Å².